The topological polar surface area (TPSA) is 17.8 Å². The van der Waals surface area contributed by atoms with Crippen molar-refractivity contribution < 1.29 is 0 Å². The summed E-state index contributed by atoms with van der Waals surface area (Å²) in [5, 5.41) is 0. The molecule has 0 fully saturated rings. The van der Waals surface area contributed by atoms with E-state index in [2.05, 4.69) is 53.5 Å². The summed E-state index contributed by atoms with van der Waals surface area (Å²) in [6.45, 7) is 3.19. The highest BCUT2D eigenvalue weighted by molar-refractivity contribution is 6.85. The van der Waals surface area contributed by atoms with Gasteiger partial charge >= 0.3 is 0 Å². The summed E-state index contributed by atoms with van der Waals surface area (Å²) in [6.07, 6.45) is 8.41. The van der Waals surface area contributed by atoms with Crippen molar-refractivity contribution in [2.45, 2.75) is 19.8 Å². The van der Waals surface area contributed by atoms with Gasteiger partial charge in [-0.2, -0.15) is 0 Å². The average molecular weight is 397 g/mol. The minimum Gasteiger partial charge on any atom is -0.331 e. The molecular weight excluding hydrogens is 374 g/mol. The molecule has 138 valence electrons. The van der Waals surface area contributed by atoms with E-state index in [1.165, 1.54) is 16.5 Å². The Morgan fingerprint density at radius 1 is 0.889 bits per heavy atom. The first kappa shape index (κ1) is 21.1. The normalized spacial score (nSPS) is 10.8. The lowest BCUT2D eigenvalue weighted by Crippen LogP contribution is -2.41. The first-order valence-electron chi connectivity index (χ1n) is 8.83. The molecule has 2 aromatic carbocycles. The summed E-state index contributed by atoms with van der Waals surface area (Å²) in [6, 6.07) is 21.1. The van der Waals surface area contributed by atoms with Gasteiger partial charge in [0.25, 0.3) is 0 Å². The van der Waals surface area contributed by atoms with Crippen LogP contribution in [-0.2, 0) is 6.54 Å². The molecule has 0 amide bonds. The molecular formula is C22H23BCl2N2. The van der Waals surface area contributed by atoms with Crippen LogP contribution in [0.5, 0.6) is 0 Å². The lowest BCUT2D eigenvalue weighted by Gasteiger charge is -2.12. The molecule has 2 nitrogen and oxygen atoms in total. The SMILES string of the molecule is Cc1cncn1CC=CCl.ClC=CCB(c1ccccc1)c1ccccc1. The number of hydrogen-bond acceptors (Lipinski definition) is 1. The predicted octanol–water partition coefficient (Wildman–Crippen LogP) is 4.99. The third kappa shape index (κ3) is 7.13. The molecule has 0 aliphatic rings. The Morgan fingerprint density at radius 2 is 1.44 bits per heavy atom. The second kappa shape index (κ2) is 12.2. The van der Waals surface area contributed by atoms with E-state index in [4.69, 9.17) is 23.2 Å². The van der Waals surface area contributed by atoms with E-state index in [-0.39, 0.29) is 0 Å². The van der Waals surface area contributed by atoms with Gasteiger partial charge < -0.3 is 4.57 Å². The second-order valence-electron chi connectivity index (χ2n) is 6.02. The van der Waals surface area contributed by atoms with Gasteiger partial charge in [0.1, 0.15) is 0 Å². The molecule has 0 saturated carbocycles. The number of aryl methyl sites for hydroxylation is 1. The largest absolute Gasteiger partial charge is 0.331 e. The smallest absolute Gasteiger partial charge is 0.213 e. The molecule has 0 spiro atoms. The number of rotatable bonds is 6. The zero-order valence-electron chi connectivity index (χ0n) is 15.4. The van der Waals surface area contributed by atoms with Crippen LogP contribution in [0.2, 0.25) is 6.32 Å². The van der Waals surface area contributed by atoms with E-state index in [0.717, 1.165) is 18.6 Å². The monoisotopic (exact) mass is 396 g/mol. The van der Waals surface area contributed by atoms with Gasteiger partial charge in [0.05, 0.1) is 6.33 Å². The van der Waals surface area contributed by atoms with Crippen molar-refractivity contribution >= 4 is 40.8 Å². The standard InChI is InChI=1S/C15H14BCl.C7H9ClN2/c17-13-7-12-16(14-8-3-1-4-9-14)15-10-5-2-6-11-15;1-7-5-9-6-10(7)4-2-3-8/h1-11,13H,12H2;2-3,5-6H,4H2,1H3. The number of allylic oxidation sites excluding steroid dienone is 2. The highest BCUT2D eigenvalue weighted by Gasteiger charge is 2.16. The Kier molecular flexibility index (Phi) is 9.54. The number of nitrogens with zero attached hydrogens (tertiary/aromatic N) is 2. The van der Waals surface area contributed by atoms with Crippen LogP contribution in [0.1, 0.15) is 5.69 Å². The van der Waals surface area contributed by atoms with Gasteiger partial charge in [0.15, 0.2) is 0 Å². The summed E-state index contributed by atoms with van der Waals surface area (Å²) in [5.41, 5.74) is 6.91. The molecule has 0 atom stereocenters. The maximum Gasteiger partial charge on any atom is 0.213 e. The number of halogens is 2. The molecule has 0 radical (unpaired) electrons. The Morgan fingerprint density at radius 3 is 1.89 bits per heavy atom. The van der Waals surface area contributed by atoms with E-state index < -0.39 is 0 Å². The Balaban J connectivity index is 0.000000223. The van der Waals surface area contributed by atoms with Crippen molar-refractivity contribution in [3.63, 3.8) is 0 Å². The molecule has 0 bridgehead atoms. The fourth-order valence-electron chi connectivity index (χ4n) is 2.75. The lowest BCUT2D eigenvalue weighted by atomic mass is 9.39. The van der Waals surface area contributed by atoms with E-state index in [1.807, 2.05) is 42.0 Å². The van der Waals surface area contributed by atoms with E-state index in [9.17, 15) is 0 Å². The molecule has 5 heteroatoms. The van der Waals surface area contributed by atoms with Gasteiger partial charge in [-0.05, 0) is 18.8 Å². The summed E-state index contributed by atoms with van der Waals surface area (Å²) < 4.78 is 2.01. The summed E-state index contributed by atoms with van der Waals surface area (Å²) in [7, 11) is 0. The maximum absolute atomic E-state index is 5.64. The lowest BCUT2D eigenvalue weighted by molar-refractivity contribution is 0.791. The van der Waals surface area contributed by atoms with Crippen molar-refractivity contribution in [3.8, 4) is 0 Å². The summed E-state index contributed by atoms with van der Waals surface area (Å²) >= 11 is 11.0. The molecule has 27 heavy (non-hydrogen) atoms. The van der Waals surface area contributed by atoms with Gasteiger partial charge in [-0.25, -0.2) is 4.98 Å². The van der Waals surface area contributed by atoms with Crippen LogP contribution in [0.15, 0.2) is 96.4 Å². The van der Waals surface area contributed by atoms with Crippen molar-refractivity contribution in [2.24, 2.45) is 0 Å². The molecule has 1 heterocycles. The summed E-state index contributed by atoms with van der Waals surface area (Å²) in [4.78, 5) is 3.96. The molecule has 0 unspecified atom stereocenters. The molecule has 1 aromatic heterocycles. The molecule has 0 N–H and O–H groups in total. The second-order valence-corrected chi connectivity index (χ2v) is 6.52. The van der Waals surface area contributed by atoms with Gasteiger partial charge in [0.2, 0.25) is 6.71 Å². The number of aromatic nitrogens is 2. The quantitative estimate of drug-likeness (QED) is 0.536. The van der Waals surface area contributed by atoms with E-state index >= 15 is 0 Å². The maximum atomic E-state index is 5.64. The highest BCUT2D eigenvalue weighted by Crippen LogP contribution is 2.00. The first-order chi connectivity index (χ1) is 13.3. The molecule has 0 aliphatic carbocycles. The van der Waals surface area contributed by atoms with Crippen LogP contribution in [0, 0.1) is 6.92 Å². The van der Waals surface area contributed by atoms with Gasteiger partial charge in [-0.15, -0.1) is 0 Å². The van der Waals surface area contributed by atoms with Crippen LogP contribution in [-0.4, -0.2) is 16.3 Å². The van der Waals surface area contributed by atoms with Crippen molar-refractivity contribution in [1.29, 1.82) is 0 Å². The average Bonchev–Trinajstić information content (AvgIpc) is 3.13. The van der Waals surface area contributed by atoms with Crippen LogP contribution in [0.25, 0.3) is 0 Å². The molecule has 3 rings (SSSR count). The zero-order chi connectivity index (χ0) is 19.3. The Bertz CT molecular complexity index is 790. The third-order valence-corrected chi connectivity index (χ3v) is 4.53. The van der Waals surface area contributed by atoms with E-state index in [0.29, 0.717) is 6.71 Å². The van der Waals surface area contributed by atoms with Gasteiger partial charge in [-0.1, -0.05) is 107 Å². The van der Waals surface area contributed by atoms with Gasteiger partial charge in [-0.3, -0.25) is 0 Å². The number of imidazole rings is 1. The number of hydrogen-bond donors (Lipinski definition) is 0. The van der Waals surface area contributed by atoms with Gasteiger partial charge in [0, 0.05) is 24.0 Å². The molecule has 0 aliphatic heterocycles. The summed E-state index contributed by atoms with van der Waals surface area (Å²) in [5.74, 6) is 0. The third-order valence-electron chi connectivity index (χ3n) is 4.18. The van der Waals surface area contributed by atoms with E-state index in [1.54, 1.807) is 11.9 Å². The van der Waals surface area contributed by atoms with Crippen LogP contribution in [0.3, 0.4) is 0 Å². The minimum absolute atomic E-state index is 0.382. The Labute approximate surface area is 172 Å². The van der Waals surface area contributed by atoms with Crippen LogP contribution in [0.4, 0.5) is 0 Å². The van der Waals surface area contributed by atoms with Crippen molar-refractivity contribution in [1.82, 2.24) is 9.55 Å². The highest BCUT2D eigenvalue weighted by atomic mass is 35.5. The van der Waals surface area contributed by atoms with Crippen molar-refractivity contribution in [2.75, 3.05) is 0 Å². The number of benzene rings is 2. The minimum atomic E-state index is 0.382. The van der Waals surface area contributed by atoms with Crippen LogP contribution < -0.4 is 10.9 Å². The van der Waals surface area contributed by atoms with Crippen LogP contribution >= 0.6 is 23.2 Å². The Hall–Kier alpha value is -2.23. The fraction of sp³-hybridized carbons (Fsp3) is 0.136. The zero-order valence-corrected chi connectivity index (χ0v) is 16.9. The predicted molar refractivity (Wildman–Crippen MR) is 120 cm³/mol. The first-order valence-corrected chi connectivity index (χ1v) is 9.70. The fourth-order valence-corrected chi connectivity index (χ4v) is 2.94. The molecule has 0 saturated heterocycles. The van der Waals surface area contributed by atoms with Crippen molar-refractivity contribution in [3.05, 3.63) is 102 Å². The molecule has 3 aromatic rings.